The van der Waals surface area contributed by atoms with Gasteiger partial charge in [0.1, 0.15) is 11.5 Å². The highest BCUT2D eigenvalue weighted by Crippen LogP contribution is 2.32. The summed E-state index contributed by atoms with van der Waals surface area (Å²) < 4.78 is 10.4. The van der Waals surface area contributed by atoms with E-state index in [1.807, 2.05) is 32.9 Å². The van der Waals surface area contributed by atoms with Gasteiger partial charge in [-0.1, -0.05) is 20.8 Å². The Hall–Kier alpha value is -0.970. The molecule has 0 aliphatic heterocycles. The summed E-state index contributed by atoms with van der Waals surface area (Å²) in [5.74, 6) is 1.34. The molecule has 0 aliphatic carbocycles. The summed E-state index contributed by atoms with van der Waals surface area (Å²) in [5, 5.41) is 10.2. The molecule has 0 fully saturated rings. The zero-order valence-electron chi connectivity index (χ0n) is 12.1. The van der Waals surface area contributed by atoms with Gasteiger partial charge in [-0.15, -0.1) is 12.4 Å². The third kappa shape index (κ3) is 4.56. The maximum atomic E-state index is 10.2. The van der Waals surface area contributed by atoms with Gasteiger partial charge in [-0.3, -0.25) is 0 Å². The summed E-state index contributed by atoms with van der Waals surface area (Å²) in [6.45, 7) is 5.86. The average Bonchev–Trinajstić information content (AvgIpc) is 2.35. The van der Waals surface area contributed by atoms with Gasteiger partial charge in [-0.25, -0.2) is 0 Å². The number of hydrogen-bond donors (Lipinski definition) is 2. The minimum Gasteiger partial charge on any atom is -0.497 e. The SMILES string of the molecule is COc1cc(OC)cc([C@@H](N)[C@@H](O)C(C)(C)C)c1.Cl. The van der Waals surface area contributed by atoms with Crippen molar-refractivity contribution in [3.63, 3.8) is 0 Å². The molecule has 2 atom stereocenters. The first-order valence-corrected chi connectivity index (χ1v) is 5.96. The van der Waals surface area contributed by atoms with Crippen molar-refractivity contribution in [3.05, 3.63) is 23.8 Å². The molecule has 5 heteroatoms. The maximum absolute atomic E-state index is 10.2. The fourth-order valence-corrected chi connectivity index (χ4v) is 1.74. The van der Waals surface area contributed by atoms with Crippen molar-refractivity contribution in [3.8, 4) is 11.5 Å². The van der Waals surface area contributed by atoms with Gasteiger partial charge >= 0.3 is 0 Å². The summed E-state index contributed by atoms with van der Waals surface area (Å²) in [6, 6.07) is 4.94. The predicted octanol–water partition coefficient (Wildman–Crippen LogP) is 2.53. The Morgan fingerprint density at radius 3 is 1.79 bits per heavy atom. The Kier molecular flexibility index (Phi) is 6.63. The summed E-state index contributed by atoms with van der Waals surface area (Å²) in [4.78, 5) is 0. The lowest BCUT2D eigenvalue weighted by atomic mass is 9.82. The van der Waals surface area contributed by atoms with E-state index in [-0.39, 0.29) is 17.8 Å². The highest BCUT2D eigenvalue weighted by Gasteiger charge is 2.29. The molecule has 110 valence electrons. The molecule has 3 N–H and O–H groups in total. The normalized spacial score (nSPS) is 14.3. The summed E-state index contributed by atoms with van der Waals surface area (Å²) in [5.41, 5.74) is 6.63. The molecule has 1 rings (SSSR count). The van der Waals surface area contributed by atoms with Crippen molar-refractivity contribution in [2.45, 2.75) is 32.9 Å². The number of rotatable bonds is 4. The number of aliphatic hydroxyl groups excluding tert-OH is 1. The van der Waals surface area contributed by atoms with E-state index in [1.54, 1.807) is 20.3 Å². The number of benzene rings is 1. The van der Waals surface area contributed by atoms with E-state index < -0.39 is 12.1 Å². The highest BCUT2D eigenvalue weighted by atomic mass is 35.5. The third-order valence-corrected chi connectivity index (χ3v) is 2.99. The van der Waals surface area contributed by atoms with Crippen LogP contribution in [-0.2, 0) is 0 Å². The van der Waals surface area contributed by atoms with E-state index in [1.165, 1.54) is 0 Å². The first-order valence-electron chi connectivity index (χ1n) is 5.96. The zero-order chi connectivity index (χ0) is 13.9. The molecule has 0 saturated heterocycles. The second kappa shape index (κ2) is 6.98. The molecule has 0 saturated carbocycles. The van der Waals surface area contributed by atoms with Crippen LogP contribution in [0.15, 0.2) is 18.2 Å². The van der Waals surface area contributed by atoms with Crippen molar-refractivity contribution in [1.29, 1.82) is 0 Å². The van der Waals surface area contributed by atoms with Gasteiger partial charge in [0, 0.05) is 6.07 Å². The molecular weight excluding hydrogens is 266 g/mol. The molecule has 0 aliphatic rings. The van der Waals surface area contributed by atoms with Crippen LogP contribution in [0.5, 0.6) is 11.5 Å². The quantitative estimate of drug-likeness (QED) is 0.894. The van der Waals surface area contributed by atoms with E-state index in [2.05, 4.69) is 0 Å². The summed E-state index contributed by atoms with van der Waals surface area (Å²) in [6.07, 6.45) is -0.644. The third-order valence-electron chi connectivity index (χ3n) is 2.99. The zero-order valence-corrected chi connectivity index (χ0v) is 13.0. The lowest BCUT2D eigenvalue weighted by Gasteiger charge is -2.31. The number of ether oxygens (including phenoxy) is 2. The van der Waals surface area contributed by atoms with Crippen LogP contribution in [0.4, 0.5) is 0 Å². The van der Waals surface area contributed by atoms with Crippen molar-refractivity contribution in [2.75, 3.05) is 14.2 Å². The number of aliphatic hydroxyl groups is 1. The molecule has 0 spiro atoms. The Bertz CT molecular complexity index is 382. The molecule has 0 unspecified atom stereocenters. The number of methoxy groups -OCH3 is 2. The van der Waals surface area contributed by atoms with E-state index in [0.29, 0.717) is 11.5 Å². The largest absolute Gasteiger partial charge is 0.497 e. The van der Waals surface area contributed by atoms with Crippen LogP contribution in [0.2, 0.25) is 0 Å². The van der Waals surface area contributed by atoms with E-state index >= 15 is 0 Å². The molecule has 19 heavy (non-hydrogen) atoms. The fourth-order valence-electron chi connectivity index (χ4n) is 1.74. The highest BCUT2D eigenvalue weighted by molar-refractivity contribution is 5.85. The van der Waals surface area contributed by atoms with Crippen LogP contribution in [-0.4, -0.2) is 25.4 Å². The molecule has 1 aromatic carbocycles. The van der Waals surface area contributed by atoms with Gasteiger partial charge in [0.15, 0.2) is 0 Å². The Morgan fingerprint density at radius 1 is 1.05 bits per heavy atom. The Morgan fingerprint density at radius 2 is 1.47 bits per heavy atom. The van der Waals surface area contributed by atoms with Crippen LogP contribution in [0, 0.1) is 5.41 Å². The summed E-state index contributed by atoms with van der Waals surface area (Å²) in [7, 11) is 3.18. The van der Waals surface area contributed by atoms with Crippen LogP contribution in [0.3, 0.4) is 0 Å². The van der Waals surface area contributed by atoms with Crippen LogP contribution >= 0.6 is 12.4 Å². The van der Waals surface area contributed by atoms with Crippen LogP contribution in [0.1, 0.15) is 32.4 Å². The number of halogens is 1. The smallest absolute Gasteiger partial charge is 0.122 e. The van der Waals surface area contributed by atoms with E-state index in [0.717, 1.165) is 5.56 Å². The molecule has 0 aromatic heterocycles. The average molecular weight is 290 g/mol. The molecule has 1 aromatic rings. The molecule has 0 radical (unpaired) electrons. The lowest BCUT2D eigenvalue weighted by Crippen LogP contribution is -2.36. The van der Waals surface area contributed by atoms with Crippen molar-refractivity contribution in [2.24, 2.45) is 11.1 Å². The van der Waals surface area contributed by atoms with Crippen LogP contribution < -0.4 is 15.2 Å². The number of nitrogens with two attached hydrogens (primary N) is 1. The lowest BCUT2D eigenvalue weighted by molar-refractivity contribution is 0.0400. The standard InChI is InChI=1S/C14H23NO3.ClH/c1-14(2,3)13(16)12(15)9-6-10(17-4)8-11(7-9)18-5;/h6-8,12-13,16H,15H2,1-5H3;1H/t12-,13-;/m1./s1. The van der Waals surface area contributed by atoms with Gasteiger partial charge in [-0.05, 0) is 23.1 Å². The molecule has 4 nitrogen and oxygen atoms in total. The molecular formula is C14H24ClNO3. The van der Waals surface area contributed by atoms with E-state index in [4.69, 9.17) is 15.2 Å². The van der Waals surface area contributed by atoms with Crippen molar-refractivity contribution >= 4 is 12.4 Å². The van der Waals surface area contributed by atoms with Crippen LogP contribution in [0.25, 0.3) is 0 Å². The first-order chi connectivity index (χ1) is 8.29. The van der Waals surface area contributed by atoms with Gasteiger partial charge in [-0.2, -0.15) is 0 Å². The maximum Gasteiger partial charge on any atom is 0.122 e. The number of hydrogen-bond acceptors (Lipinski definition) is 4. The van der Waals surface area contributed by atoms with Gasteiger partial charge in [0.2, 0.25) is 0 Å². The fraction of sp³-hybridized carbons (Fsp3) is 0.571. The predicted molar refractivity (Wildman–Crippen MR) is 79.2 cm³/mol. The second-order valence-corrected chi connectivity index (χ2v) is 5.48. The summed E-state index contributed by atoms with van der Waals surface area (Å²) >= 11 is 0. The molecule has 0 bridgehead atoms. The van der Waals surface area contributed by atoms with Gasteiger partial charge in [0.05, 0.1) is 26.4 Å². The Balaban J connectivity index is 0.00000324. The molecule has 0 heterocycles. The van der Waals surface area contributed by atoms with Gasteiger partial charge < -0.3 is 20.3 Å². The Labute approximate surface area is 121 Å². The van der Waals surface area contributed by atoms with E-state index in [9.17, 15) is 5.11 Å². The van der Waals surface area contributed by atoms with Crippen molar-refractivity contribution < 1.29 is 14.6 Å². The topological polar surface area (TPSA) is 64.7 Å². The van der Waals surface area contributed by atoms with Crippen molar-refractivity contribution in [1.82, 2.24) is 0 Å². The molecule has 0 amide bonds. The first kappa shape index (κ1) is 18.0. The monoisotopic (exact) mass is 289 g/mol. The minimum absolute atomic E-state index is 0. The minimum atomic E-state index is -0.644. The van der Waals surface area contributed by atoms with Gasteiger partial charge in [0.25, 0.3) is 0 Å². The second-order valence-electron chi connectivity index (χ2n) is 5.48.